The molecule has 3 heterocycles. The second kappa shape index (κ2) is 18.9. The van der Waals surface area contributed by atoms with Crippen LogP contribution in [0.4, 0.5) is 22.7 Å². The lowest BCUT2D eigenvalue weighted by Crippen LogP contribution is -2.33. The van der Waals surface area contributed by atoms with E-state index in [0.717, 1.165) is 52.2 Å². The van der Waals surface area contributed by atoms with E-state index in [9.17, 15) is 11.0 Å². The van der Waals surface area contributed by atoms with Crippen LogP contribution in [0.3, 0.4) is 0 Å². The molecule has 2 aromatic heterocycles. The third kappa shape index (κ3) is 9.49. The van der Waals surface area contributed by atoms with Crippen LogP contribution in [0.1, 0.15) is 146 Å². The number of para-hydroxylation sites is 3. The highest BCUT2D eigenvalue weighted by molar-refractivity contribution is 6.09. The van der Waals surface area contributed by atoms with E-state index in [1.807, 2.05) is 109 Å². The highest BCUT2D eigenvalue weighted by atomic mass is 16.5. The van der Waals surface area contributed by atoms with Crippen molar-refractivity contribution in [3.63, 3.8) is 0 Å². The van der Waals surface area contributed by atoms with Gasteiger partial charge in [-0.15, -0.1) is 0 Å². The van der Waals surface area contributed by atoms with E-state index in [2.05, 4.69) is 99.8 Å². The highest BCUT2D eigenvalue weighted by Crippen LogP contribution is 2.54. The summed E-state index contributed by atoms with van der Waals surface area (Å²) in [6, 6.07) is 34.8. The number of ether oxygens (including phenoxy) is 1. The Bertz CT molecular complexity index is 4610. The lowest BCUT2D eigenvalue weighted by atomic mass is 9.63. The minimum Gasteiger partial charge on any atom is -0.457 e. The summed E-state index contributed by atoms with van der Waals surface area (Å²) in [5.74, 6) is 1.42. The van der Waals surface area contributed by atoms with Crippen molar-refractivity contribution in [2.45, 2.75) is 130 Å². The van der Waals surface area contributed by atoms with Gasteiger partial charge >= 0.3 is 0 Å². The van der Waals surface area contributed by atoms with Crippen LogP contribution in [0, 0.1) is 0 Å². The van der Waals surface area contributed by atoms with E-state index in [0.29, 0.717) is 67.1 Å². The second-order valence-corrected chi connectivity index (χ2v) is 26.0. The van der Waals surface area contributed by atoms with Gasteiger partial charge in [-0.1, -0.05) is 193 Å². The quantitative estimate of drug-likeness (QED) is 0.152. The van der Waals surface area contributed by atoms with Crippen molar-refractivity contribution >= 4 is 44.6 Å². The maximum atomic E-state index is 10.4. The molecule has 0 amide bonds. The van der Waals surface area contributed by atoms with Gasteiger partial charge in [-0.2, -0.15) is 0 Å². The zero-order valence-electron chi connectivity index (χ0n) is 58.9. The molecule has 0 saturated heterocycles. The zero-order valence-corrected chi connectivity index (χ0v) is 47.9. The molecular weight excluding hydrogens is 961 g/mol. The summed E-state index contributed by atoms with van der Waals surface area (Å²) in [5, 5.41) is 0.981. The molecule has 79 heavy (non-hydrogen) atoms. The molecular formula is C74H76N4O. The summed E-state index contributed by atoms with van der Waals surface area (Å²) in [7, 11) is 0. The Morgan fingerprint density at radius 2 is 1.11 bits per heavy atom. The van der Waals surface area contributed by atoms with Gasteiger partial charge in [0.05, 0.1) is 43.2 Å². The molecule has 5 nitrogen and oxygen atoms in total. The first-order chi connectivity index (χ1) is 42.1. The van der Waals surface area contributed by atoms with Gasteiger partial charge in [-0.3, -0.25) is 4.57 Å². The lowest BCUT2D eigenvalue weighted by molar-refractivity contribution is 0.332. The second-order valence-electron chi connectivity index (χ2n) is 26.0. The summed E-state index contributed by atoms with van der Waals surface area (Å²) in [6.45, 7) is 27.4. The van der Waals surface area contributed by atoms with Crippen molar-refractivity contribution in [2.75, 3.05) is 16.5 Å². The van der Waals surface area contributed by atoms with Gasteiger partial charge in [0.25, 0.3) is 0 Å². The predicted octanol–water partition coefficient (Wildman–Crippen LogP) is 20.5. The molecule has 0 fully saturated rings. The number of rotatable bonds is 8. The van der Waals surface area contributed by atoms with Gasteiger partial charge in [0, 0.05) is 45.9 Å². The number of hydrogen-bond donors (Lipinski definition) is 0. The number of fused-ring (bicyclic) bond motifs is 5. The van der Waals surface area contributed by atoms with Crippen LogP contribution in [0.15, 0.2) is 188 Å². The van der Waals surface area contributed by atoms with Gasteiger partial charge in [0.1, 0.15) is 24.0 Å². The lowest BCUT2D eigenvalue weighted by Gasteiger charge is -2.42. The van der Waals surface area contributed by atoms with Crippen molar-refractivity contribution in [3.05, 3.63) is 216 Å². The third-order valence-corrected chi connectivity index (χ3v) is 16.3. The standard InChI is InChI=1S/C74H76N4O/c1-70(2,3)52-32-29-49(30-33-52)48-25-27-50(28-26-48)60-42-54(72(7,8)9)43-61(51-31-36-62-63(41-51)74(12,13)39-38-73(62,10)11)69(60)77-47-76(65-23-16-17-24-66(65)77)55-19-18-20-56(45-55)79-57-34-35-59-58-21-14-15-22-64(58)78(67(59)46-57)68-44-53(37-40-75-68)71(4,5)6/h14-37,40-46H,38-39,47H2,1-13H3/i14D,15D,21D,22D,25D,26D,27D,28D,31D,36D,41D. The van der Waals surface area contributed by atoms with Gasteiger partial charge < -0.3 is 14.5 Å². The van der Waals surface area contributed by atoms with Crippen LogP contribution < -0.4 is 14.5 Å². The summed E-state index contributed by atoms with van der Waals surface area (Å²) >= 11 is 0. The Hall–Kier alpha value is -7.89. The monoisotopic (exact) mass is 1050 g/mol. The largest absolute Gasteiger partial charge is 0.457 e. The van der Waals surface area contributed by atoms with Gasteiger partial charge in [-0.25, -0.2) is 4.98 Å². The Morgan fingerprint density at radius 3 is 1.81 bits per heavy atom. The molecule has 12 rings (SSSR count). The Balaban J connectivity index is 1.05. The molecule has 1 aliphatic carbocycles. The fourth-order valence-electron chi connectivity index (χ4n) is 11.4. The molecule has 1 aliphatic heterocycles. The maximum Gasteiger partial charge on any atom is 0.137 e. The molecule has 0 radical (unpaired) electrons. The smallest absolute Gasteiger partial charge is 0.137 e. The molecule has 398 valence electrons. The van der Waals surface area contributed by atoms with Crippen molar-refractivity contribution in [2.24, 2.45) is 0 Å². The number of hydrogen-bond acceptors (Lipinski definition) is 4. The van der Waals surface area contributed by atoms with E-state index in [1.54, 1.807) is 16.8 Å². The molecule has 0 spiro atoms. The summed E-state index contributed by atoms with van der Waals surface area (Å²) in [6.07, 6.45) is 3.27. The van der Waals surface area contributed by atoms with Crippen molar-refractivity contribution in [1.29, 1.82) is 0 Å². The number of anilines is 4. The predicted molar refractivity (Wildman–Crippen MR) is 335 cm³/mol. The molecule has 0 bridgehead atoms. The minimum absolute atomic E-state index is 0.0621. The Kier molecular flexibility index (Phi) is 9.65. The average molecular weight is 1050 g/mol. The molecule has 5 heteroatoms. The molecule has 0 saturated carbocycles. The fraction of sp³-hybridized carbons (Fsp3) is 0.284. The maximum absolute atomic E-state index is 10.4. The van der Waals surface area contributed by atoms with Crippen LogP contribution in [0.2, 0.25) is 0 Å². The normalized spacial score (nSPS) is 17.1. The first kappa shape index (κ1) is 40.3. The molecule has 0 atom stereocenters. The van der Waals surface area contributed by atoms with Crippen molar-refractivity contribution in [3.8, 4) is 50.7 Å². The fourth-order valence-corrected chi connectivity index (χ4v) is 11.4. The van der Waals surface area contributed by atoms with Crippen molar-refractivity contribution in [1.82, 2.24) is 9.55 Å². The van der Waals surface area contributed by atoms with E-state index < -0.39 is 16.2 Å². The number of nitrogens with zero attached hydrogens (tertiary/aromatic N) is 4. The number of benzene rings is 8. The van der Waals surface area contributed by atoms with Gasteiger partial charge in [0.2, 0.25) is 0 Å². The molecule has 8 aromatic carbocycles. The summed E-state index contributed by atoms with van der Waals surface area (Å²) in [5.41, 5.74) is 7.87. The minimum atomic E-state index is -0.574. The van der Waals surface area contributed by atoms with Gasteiger partial charge in [0.15, 0.2) is 0 Å². The van der Waals surface area contributed by atoms with Crippen molar-refractivity contribution < 1.29 is 19.8 Å². The summed E-state index contributed by atoms with van der Waals surface area (Å²) in [4.78, 5) is 8.99. The first-order valence-corrected chi connectivity index (χ1v) is 27.6. The average Bonchev–Trinajstić information content (AvgIpc) is 1.08. The third-order valence-electron chi connectivity index (χ3n) is 16.3. The van der Waals surface area contributed by atoms with Crippen LogP contribution in [-0.4, -0.2) is 16.2 Å². The first-order valence-electron chi connectivity index (χ1n) is 33.1. The molecule has 0 N–H and O–H groups in total. The zero-order chi connectivity index (χ0) is 65.0. The van der Waals surface area contributed by atoms with Gasteiger partial charge in [-0.05, 0) is 157 Å². The van der Waals surface area contributed by atoms with Crippen LogP contribution in [0.5, 0.6) is 11.5 Å². The molecule has 0 unspecified atom stereocenters. The van der Waals surface area contributed by atoms with E-state index in [4.69, 9.17) is 13.8 Å². The van der Waals surface area contributed by atoms with Crippen LogP contribution >= 0.6 is 0 Å². The summed E-state index contributed by atoms with van der Waals surface area (Å²) < 4.78 is 114. The highest BCUT2D eigenvalue weighted by Gasteiger charge is 2.38. The molecule has 2 aliphatic rings. The Morgan fingerprint density at radius 1 is 0.494 bits per heavy atom. The number of pyridine rings is 1. The SMILES string of the molecule is [2H]c1c([2H])c(-c2cc(C(C)(C)C)cc(-c3c([2H])c([2H])c4c(c3[2H])C(C)(C)CCC4(C)C)c2N2CN(c3cccc(Oc4ccc5c6c([2H])c([2H])c([2H])c([2H])c6n(-c6cc(C(C)(C)C)ccn6)c5c4)c3)c3ccccc32)c([2H])c([2H])c1-c1ccc(C(C)(C)C)cc1. The van der Waals surface area contributed by atoms with E-state index in [1.165, 1.54) is 0 Å². The van der Waals surface area contributed by atoms with Crippen LogP contribution in [-0.2, 0) is 27.1 Å². The topological polar surface area (TPSA) is 33.5 Å². The van der Waals surface area contributed by atoms with E-state index >= 15 is 0 Å². The Labute approximate surface area is 485 Å². The van der Waals surface area contributed by atoms with E-state index in [-0.39, 0.29) is 101 Å². The number of aromatic nitrogens is 2. The molecule has 10 aromatic rings. The van der Waals surface area contributed by atoms with Crippen LogP contribution in [0.25, 0.3) is 61.0 Å².